The van der Waals surface area contributed by atoms with Crippen LogP contribution in [0.25, 0.3) is 0 Å². The molecule has 1 heterocycles. The second-order valence-electron chi connectivity index (χ2n) is 8.76. The monoisotopic (exact) mass is 419 g/mol. The molecule has 2 aliphatic rings. The van der Waals surface area contributed by atoms with Crippen LogP contribution >= 0.6 is 0 Å². The third-order valence-electron chi connectivity index (χ3n) is 6.42. The van der Waals surface area contributed by atoms with Crippen LogP contribution in [0.15, 0.2) is 42.5 Å². The summed E-state index contributed by atoms with van der Waals surface area (Å²) in [5.41, 5.74) is 4.80. The first kappa shape index (κ1) is 21.1. The molecular weight excluding hydrogens is 390 g/mol. The van der Waals surface area contributed by atoms with Crippen molar-refractivity contribution in [3.63, 3.8) is 0 Å². The Hall–Kier alpha value is -3.15. The minimum absolute atomic E-state index is 0.0687. The molecule has 2 unspecified atom stereocenters. The molecule has 0 bridgehead atoms. The van der Waals surface area contributed by atoms with Gasteiger partial charge < -0.3 is 15.5 Å². The molecule has 4 rings (SSSR count). The molecule has 1 fully saturated rings. The summed E-state index contributed by atoms with van der Waals surface area (Å²) in [6, 6.07) is 13.2. The minimum Gasteiger partial charge on any atom is -0.338 e. The molecule has 162 valence electrons. The van der Waals surface area contributed by atoms with Gasteiger partial charge in [0.15, 0.2) is 0 Å². The molecule has 0 spiro atoms. The Morgan fingerprint density at radius 2 is 1.81 bits per heavy atom. The van der Waals surface area contributed by atoms with Crippen molar-refractivity contribution in [2.24, 2.45) is 11.8 Å². The summed E-state index contributed by atoms with van der Waals surface area (Å²) < 4.78 is 0. The molecule has 31 heavy (non-hydrogen) atoms. The van der Waals surface area contributed by atoms with Gasteiger partial charge in [0.05, 0.1) is 0 Å². The number of anilines is 2. The standard InChI is InChI=1S/C25H29N3O3/c1-16-6-8-19(9-7-16)26-25(31)27-23-5-3-4-18-15-28(13-12-22(18)23)24(30)21-11-10-20(29)14-17(21)2/h3-9,17,21H,10-15H2,1-2H3,(H2,26,27,31). The van der Waals surface area contributed by atoms with Crippen LogP contribution in [0, 0.1) is 18.8 Å². The summed E-state index contributed by atoms with van der Waals surface area (Å²) >= 11 is 0. The van der Waals surface area contributed by atoms with Gasteiger partial charge in [-0.3, -0.25) is 9.59 Å². The van der Waals surface area contributed by atoms with Crippen LogP contribution in [0.2, 0.25) is 0 Å². The normalized spacial score (nSPS) is 20.7. The lowest BCUT2D eigenvalue weighted by Crippen LogP contribution is -2.43. The minimum atomic E-state index is -0.281. The van der Waals surface area contributed by atoms with Crippen LogP contribution < -0.4 is 10.6 Å². The number of amides is 3. The second-order valence-corrected chi connectivity index (χ2v) is 8.76. The fourth-order valence-corrected chi connectivity index (χ4v) is 4.64. The van der Waals surface area contributed by atoms with Crippen molar-refractivity contribution in [3.8, 4) is 0 Å². The predicted octanol–water partition coefficient (Wildman–Crippen LogP) is 4.53. The number of Topliss-reactive ketones (excluding diaryl/α,β-unsaturated/α-hetero) is 1. The summed E-state index contributed by atoms with van der Waals surface area (Å²) in [6.45, 7) is 5.18. The molecule has 2 N–H and O–H groups in total. The Morgan fingerprint density at radius 1 is 1.03 bits per heavy atom. The molecule has 0 saturated heterocycles. The average Bonchev–Trinajstić information content (AvgIpc) is 2.75. The molecule has 1 aliphatic heterocycles. The maximum atomic E-state index is 13.1. The lowest BCUT2D eigenvalue weighted by Gasteiger charge is -2.35. The van der Waals surface area contributed by atoms with Gasteiger partial charge in [-0.1, -0.05) is 36.8 Å². The summed E-state index contributed by atoms with van der Waals surface area (Å²) in [6.07, 6.45) is 2.37. The summed E-state index contributed by atoms with van der Waals surface area (Å²) in [5.74, 6) is 0.454. The first-order chi connectivity index (χ1) is 14.9. The molecule has 0 aromatic heterocycles. The summed E-state index contributed by atoms with van der Waals surface area (Å²) in [5, 5.41) is 5.82. The first-order valence-corrected chi connectivity index (χ1v) is 11.0. The lowest BCUT2D eigenvalue weighted by molar-refractivity contribution is -0.140. The number of benzene rings is 2. The number of carbonyl (C=O) groups is 3. The van der Waals surface area contributed by atoms with Gasteiger partial charge >= 0.3 is 6.03 Å². The number of fused-ring (bicyclic) bond motifs is 1. The molecule has 6 nitrogen and oxygen atoms in total. The third kappa shape index (κ3) is 4.79. The highest BCUT2D eigenvalue weighted by Crippen LogP contribution is 2.32. The molecule has 2 aromatic carbocycles. The largest absolute Gasteiger partial charge is 0.338 e. The fraction of sp³-hybridized carbons (Fsp3) is 0.400. The number of aryl methyl sites for hydroxylation is 1. The Balaban J connectivity index is 1.42. The van der Waals surface area contributed by atoms with Gasteiger partial charge in [-0.05, 0) is 55.0 Å². The molecule has 1 saturated carbocycles. The fourth-order valence-electron chi connectivity index (χ4n) is 4.64. The van der Waals surface area contributed by atoms with E-state index in [2.05, 4.69) is 10.6 Å². The number of nitrogens with one attached hydrogen (secondary N) is 2. The quantitative estimate of drug-likeness (QED) is 0.767. The van der Waals surface area contributed by atoms with E-state index in [9.17, 15) is 14.4 Å². The number of hydrogen-bond donors (Lipinski definition) is 2. The maximum absolute atomic E-state index is 13.1. The van der Waals surface area contributed by atoms with Crippen LogP contribution in [0.4, 0.5) is 16.2 Å². The molecule has 2 aromatic rings. The van der Waals surface area contributed by atoms with E-state index >= 15 is 0 Å². The number of rotatable bonds is 3. The van der Waals surface area contributed by atoms with Crippen LogP contribution in [-0.4, -0.2) is 29.2 Å². The van der Waals surface area contributed by atoms with E-state index in [0.29, 0.717) is 38.8 Å². The molecule has 2 atom stereocenters. The molecular formula is C25H29N3O3. The van der Waals surface area contributed by atoms with E-state index in [4.69, 9.17) is 0 Å². The van der Waals surface area contributed by atoms with Gasteiger partial charge in [0.1, 0.15) is 5.78 Å². The summed E-state index contributed by atoms with van der Waals surface area (Å²) in [4.78, 5) is 39.2. The Kier molecular flexibility index (Phi) is 6.07. The smallest absolute Gasteiger partial charge is 0.323 e. The van der Waals surface area contributed by atoms with Crippen molar-refractivity contribution < 1.29 is 14.4 Å². The molecule has 3 amide bonds. The van der Waals surface area contributed by atoms with E-state index in [0.717, 1.165) is 28.1 Å². The van der Waals surface area contributed by atoms with E-state index in [1.165, 1.54) is 0 Å². The zero-order valence-corrected chi connectivity index (χ0v) is 18.1. The van der Waals surface area contributed by atoms with Gasteiger partial charge in [0.25, 0.3) is 0 Å². The highest BCUT2D eigenvalue weighted by atomic mass is 16.2. The van der Waals surface area contributed by atoms with Crippen LogP contribution in [0.1, 0.15) is 42.9 Å². The number of carbonyl (C=O) groups excluding carboxylic acids is 3. The number of hydrogen-bond acceptors (Lipinski definition) is 3. The van der Waals surface area contributed by atoms with Crippen LogP contribution in [-0.2, 0) is 22.6 Å². The van der Waals surface area contributed by atoms with Gasteiger partial charge in [-0.15, -0.1) is 0 Å². The van der Waals surface area contributed by atoms with Crippen molar-refractivity contribution in [2.45, 2.75) is 46.1 Å². The topological polar surface area (TPSA) is 78.5 Å². The van der Waals surface area contributed by atoms with Crippen molar-refractivity contribution in [1.29, 1.82) is 0 Å². The third-order valence-corrected chi connectivity index (χ3v) is 6.42. The lowest BCUT2D eigenvalue weighted by atomic mass is 9.78. The zero-order chi connectivity index (χ0) is 22.0. The van der Waals surface area contributed by atoms with Crippen molar-refractivity contribution in [3.05, 3.63) is 59.2 Å². The number of nitrogens with zero attached hydrogens (tertiary/aromatic N) is 1. The van der Waals surface area contributed by atoms with Crippen molar-refractivity contribution in [2.75, 3.05) is 17.2 Å². The van der Waals surface area contributed by atoms with E-state index in [1.54, 1.807) is 0 Å². The molecule has 1 aliphatic carbocycles. The second kappa shape index (κ2) is 8.92. The Morgan fingerprint density at radius 3 is 2.55 bits per heavy atom. The SMILES string of the molecule is Cc1ccc(NC(=O)Nc2cccc3c2CCN(C(=O)C2CCC(=O)CC2C)C3)cc1. The Bertz CT molecular complexity index is 1000. The highest BCUT2D eigenvalue weighted by Gasteiger charge is 2.35. The average molecular weight is 420 g/mol. The van der Waals surface area contributed by atoms with Crippen molar-refractivity contribution in [1.82, 2.24) is 4.90 Å². The van der Waals surface area contributed by atoms with Crippen LogP contribution in [0.5, 0.6) is 0 Å². The first-order valence-electron chi connectivity index (χ1n) is 11.0. The van der Waals surface area contributed by atoms with Gasteiger partial charge in [-0.25, -0.2) is 4.79 Å². The van der Waals surface area contributed by atoms with Crippen LogP contribution in [0.3, 0.4) is 0 Å². The van der Waals surface area contributed by atoms with E-state index in [-0.39, 0.29) is 29.6 Å². The highest BCUT2D eigenvalue weighted by molar-refractivity contribution is 6.00. The van der Waals surface area contributed by atoms with Crippen molar-refractivity contribution >= 4 is 29.1 Å². The van der Waals surface area contributed by atoms with E-state index in [1.807, 2.05) is 61.2 Å². The predicted molar refractivity (Wildman–Crippen MR) is 121 cm³/mol. The van der Waals surface area contributed by atoms with Gasteiger partial charge in [-0.2, -0.15) is 0 Å². The maximum Gasteiger partial charge on any atom is 0.323 e. The summed E-state index contributed by atoms with van der Waals surface area (Å²) in [7, 11) is 0. The zero-order valence-electron chi connectivity index (χ0n) is 18.1. The van der Waals surface area contributed by atoms with E-state index < -0.39 is 0 Å². The van der Waals surface area contributed by atoms with Gasteiger partial charge in [0.2, 0.25) is 5.91 Å². The number of ketones is 1. The molecule has 0 radical (unpaired) electrons. The number of urea groups is 1. The van der Waals surface area contributed by atoms with Gasteiger partial charge in [0, 0.05) is 43.2 Å². The molecule has 6 heteroatoms. The Labute approximate surface area is 183 Å².